The van der Waals surface area contributed by atoms with Crippen molar-refractivity contribution >= 4 is 11.9 Å². The van der Waals surface area contributed by atoms with E-state index in [9.17, 15) is 9.59 Å². The van der Waals surface area contributed by atoms with Crippen molar-refractivity contribution in [2.45, 2.75) is 52.4 Å². The first kappa shape index (κ1) is 19.2. The van der Waals surface area contributed by atoms with E-state index in [-0.39, 0.29) is 12.6 Å². The molecule has 0 heterocycles. The molecule has 0 aliphatic heterocycles. The lowest BCUT2D eigenvalue weighted by atomic mass is 10.1. The molecule has 0 rings (SSSR count). The van der Waals surface area contributed by atoms with E-state index in [0.29, 0.717) is 0 Å². The number of hydrogen-bond acceptors (Lipinski definition) is 3. The van der Waals surface area contributed by atoms with Crippen molar-refractivity contribution in [3.05, 3.63) is 36.0 Å². The highest BCUT2D eigenvalue weighted by molar-refractivity contribution is 5.80. The second-order valence-electron chi connectivity index (χ2n) is 4.82. The van der Waals surface area contributed by atoms with Gasteiger partial charge in [0.05, 0.1) is 0 Å². The van der Waals surface area contributed by atoms with Crippen LogP contribution in [0.1, 0.15) is 52.4 Å². The summed E-state index contributed by atoms with van der Waals surface area (Å²) in [7, 11) is 0. The quantitative estimate of drug-likeness (QED) is 0.270. The van der Waals surface area contributed by atoms with Crippen LogP contribution < -0.4 is 0 Å². The van der Waals surface area contributed by atoms with Gasteiger partial charge in [-0.25, -0.2) is 4.79 Å². The number of carbonyl (C=O) groups is 2. The third-order valence-corrected chi connectivity index (χ3v) is 2.80. The minimum atomic E-state index is -1.00. The Kier molecular flexibility index (Phi) is 12.0. The Morgan fingerprint density at radius 1 is 1.10 bits per heavy atom. The van der Waals surface area contributed by atoms with Gasteiger partial charge < -0.3 is 9.84 Å². The Hall–Kier alpha value is -1.84. The highest BCUT2D eigenvalue weighted by atomic mass is 16.5. The number of unbranched alkanes of at least 4 members (excludes halogenated alkanes) is 5. The van der Waals surface area contributed by atoms with E-state index in [1.807, 2.05) is 12.2 Å². The number of carboxylic acids is 1. The predicted octanol–water partition coefficient (Wildman–Crippen LogP) is 4.03. The number of carbonyl (C=O) groups excluding carboxylic acids is 1. The predicted molar refractivity (Wildman–Crippen MR) is 84.0 cm³/mol. The van der Waals surface area contributed by atoms with Gasteiger partial charge in [-0.2, -0.15) is 0 Å². The number of allylic oxidation sites excluding steroid dienone is 3. The van der Waals surface area contributed by atoms with Crippen molar-refractivity contribution in [3.63, 3.8) is 0 Å². The van der Waals surface area contributed by atoms with Crippen LogP contribution in [0, 0.1) is 0 Å². The van der Waals surface area contributed by atoms with Crippen LogP contribution in [0.2, 0.25) is 0 Å². The number of hydrogen-bond donors (Lipinski definition) is 1. The van der Waals surface area contributed by atoms with E-state index in [4.69, 9.17) is 9.84 Å². The van der Waals surface area contributed by atoms with Gasteiger partial charge in [-0.3, -0.25) is 4.79 Å². The van der Waals surface area contributed by atoms with E-state index >= 15 is 0 Å². The van der Waals surface area contributed by atoms with Gasteiger partial charge in [0.2, 0.25) is 0 Å². The van der Waals surface area contributed by atoms with Gasteiger partial charge in [0.15, 0.2) is 0 Å². The molecule has 0 spiro atoms. The summed E-state index contributed by atoms with van der Waals surface area (Å²) in [6, 6.07) is 0. The molecular weight excluding hydrogens is 268 g/mol. The maximum absolute atomic E-state index is 10.8. The topological polar surface area (TPSA) is 63.6 Å². The van der Waals surface area contributed by atoms with Crippen LogP contribution in [-0.2, 0) is 14.3 Å². The van der Waals surface area contributed by atoms with Gasteiger partial charge in [-0.1, -0.05) is 56.9 Å². The van der Waals surface area contributed by atoms with Crippen LogP contribution >= 0.6 is 0 Å². The maximum Gasteiger partial charge on any atom is 0.328 e. The van der Waals surface area contributed by atoms with Gasteiger partial charge in [-0.15, -0.1) is 0 Å². The molecule has 0 saturated carbocycles. The lowest BCUT2D eigenvalue weighted by molar-refractivity contribution is -0.140. The first-order chi connectivity index (χ1) is 10.1. The van der Waals surface area contributed by atoms with Crippen molar-refractivity contribution in [2.75, 3.05) is 6.61 Å². The SMILES string of the molecule is CCCCCCC/C=C/C(=C/C=C/C(=O)O)COC(C)=O. The molecule has 0 unspecified atom stereocenters. The highest BCUT2D eigenvalue weighted by Gasteiger charge is 1.96. The average molecular weight is 294 g/mol. The number of rotatable bonds is 11. The molecule has 0 aromatic rings. The Balaban J connectivity index is 4.25. The molecule has 0 saturated heterocycles. The fraction of sp³-hybridized carbons (Fsp3) is 0.529. The Labute approximate surface area is 127 Å². The zero-order valence-electron chi connectivity index (χ0n) is 13.0. The molecule has 0 amide bonds. The monoisotopic (exact) mass is 294 g/mol. The molecule has 118 valence electrons. The summed E-state index contributed by atoms with van der Waals surface area (Å²) in [5.41, 5.74) is 0.774. The Bertz CT molecular complexity index is 392. The molecule has 0 aliphatic carbocycles. The van der Waals surface area contributed by atoms with Crippen molar-refractivity contribution in [1.82, 2.24) is 0 Å². The minimum Gasteiger partial charge on any atom is -0.478 e. The normalized spacial score (nSPS) is 12.2. The van der Waals surface area contributed by atoms with Crippen molar-refractivity contribution in [1.29, 1.82) is 0 Å². The third kappa shape index (κ3) is 14.4. The van der Waals surface area contributed by atoms with Gasteiger partial charge >= 0.3 is 11.9 Å². The summed E-state index contributed by atoms with van der Waals surface area (Å²) in [6.45, 7) is 3.70. The summed E-state index contributed by atoms with van der Waals surface area (Å²) >= 11 is 0. The number of esters is 1. The maximum atomic E-state index is 10.8. The van der Waals surface area contributed by atoms with Gasteiger partial charge in [0.1, 0.15) is 6.61 Å². The number of carboxylic acid groups (broad SMARTS) is 1. The summed E-state index contributed by atoms with van der Waals surface area (Å²) in [5, 5.41) is 8.54. The molecule has 1 N–H and O–H groups in total. The first-order valence-electron chi connectivity index (χ1n) is 7.46. The highest BCUT2D eigenvalue weighted by Crippen LogP contribution is 2.07. The standard InChI is InChI=1S/C17H26O4/c1-3-4-5-6-7-8-9-11-16(14-21-15(2)18)12-10-13-17(19)20/h9-13H,3-8,14H2,1-2H3,(H,19,20)/b11-9+,13-10+,16-12-. The molecule has 0 aromatic heterocycles. The summed E-state index contributed by atoms with van der Waals surface area (Å²) < 4.78 is 4.93. The Morgan fingerprint density at radius 3 is 2.43 bits per heavy atom. The summed E-state index contributed by atoms with van der Waals surface area (Å²) in [4.78, 5) is 21.2. The molecule has 0 radical (unpaired) electrons. The number of aliphatic carboxylic acids is 1. The van der Waals surface area contributed by atoms with Crippen LogP contribution in [-0.4, -0.2) is 23.7 Å². The van der Waals surface area contributed by atoms with Crippen LogP contribution in [0.15, 0.2) is 36.0 Å². The second kappa shape index (κ2) is 13.2. The van der Waals surface area contributed by atoms with E-state index in [0.717, 1.165) is 24.5 Å². The molecular formula is C17H26O4. The van der Waals surface area contributed by atoms with E-state index in [1.54, 1.807) is 6.08 Å². The molecule has 4 nitrogen and oxygen atoms in total. The van der Waals surface area contributed by atoms with Crippen LogP contribution in [0.3, 0.4) is 0 Å². The van der Waals surface area contributed by atoms with E-state index in [1.165, 1.54) is 38.7 Å². The Morgan fingerprint density at radius 2 is 1.81 bits per heavy atom. The lowest BCUT2D eigenvalue weighted by Crippen LogP contribution is -2.01. The summed E-state index contributed by atoms with van der Waals surface area (Å²) in [5.74, 6) is -1.35. The molecule has 0 atom stereocenters. The van der Waals surface area contributed by atoms with Crippen LogP contribution in [0.25, 0.3) is 0 Å². The summed E-state index contributed by atoms with van der Waals surface area (Å²) in [6.07, 6.45) is 15.2. The smallest absolute Gasteiger partial charge is 0.328 e. The second-order valence-corrected chi connectivity index (χ2v) is 4.82. The van der Waals surface area contributed by atoms with Crippen LogP contribution in [0.5, 0.6) is 0 Å². The molecule has 0 aliphatic rings. The zero-order valence-corrected chi connectivity index (χ0v) is 13.0. The fourth-order valence-electron chi connectivity index (χ4n) is 1.69. The molecule has 4 heteroatoms. The van der Waals surface area contributed by atoms with Crippen LogP contribution in [0.4, 0.5) is 0 Å². The van der Waals surface area contributed by atoms with Gasteiger partial charge in [-0.05, 0) is 18.4 Å². The zero-order chi connectivity index (χ0) is 15.9. The minimum absolute atomic E-state index is 0.158. The molecule has 21 heavy (non-hydrogen) atoms. The van der Waals surface area contributed by atoms with E-state index < -0.39 is 5.97 Å². The lowest BCUT2D eigenvalue weighted by Gasteiger charge is -2.02. The van der Waals surface area contributed by atoms with E-state index in [2.05, 4.69) is 6.92 Å². The fourth-order valence-corrected chi connectivity index (χ4v) is 1.69. The number of ether oxygens (including phenoxy) is 1. The first-order valence-corrected chi connectivity index (χ1v) is 7.46. The van der Waals surface area contributed by atoms with Crippen molar-refractivity contribution < 1.29 is 19.4 Å². The molecule has 0 bridgehead atoms. The molecule has 0 aromatic carbocycles. The van der Waals surface area contributed by atoms with Crippen molar-refractivity contribution in [3.8, 4) is 0 Å². The third-order valence-electron chi connectivity index (χ3n) is 2.80. The van der Waals surface area contributed by atoms with Gasteiger partial charge in [0.25, 0.3) is 0 Å². The average Bonchev–Trinajstić information content (AvgIpc) is 2.42. The van der Waals surface area contributed by atoms with Crippen molar-refractivity contribution in [2.24, 2.45) is 0 Å². The van der Waals surface area contributed by atoms with Gasteiger partial charge in [0, 0.05) is 13.0 Å². The largest absolute Gasteiger partial charge is 0.478 e. The molecule has 0 fully saturated rings.